The molecule has 2 fully saturated rings. The number of piperidine rings is 2. The van der Waals surface area contributed by atoms with E-state index in [1.54, 1.807) is 4.68 Å². The number of carbonyl (C=O) groups is 1. The van der Waals surface area contributed by atoms with Gasteiger partial charge in [-0.2, -0.15) is 5.10 Å². The van der Waals surface area contributed by atoms with Gasteiger partial charge >= 0.3 is 6.03 Å². The van der Waals surface area contributed by atoms with E-state index in [1.807, 2.05) is 33.5 Å². The first-order chi connectivity index (χ1) is 12.0. The molecule has 7 heteroatoms. The number of aryl methyl sites for hydroxylation is 1. The molecule has 0 bridgehead atoms. The van der Waals surface area contributed by atoms with Gasteiger partial charge in [0.1, 0.15) is 0 Å². The molecule has 0 spiro atoms. The van der Waals surface area contributed by atoms with Crippen molar-refractivity contribution in [3.63, 3.8) is 0 Å². The van der Waals surface area contributed by atoms with Crippen LogP contribution in [-0.4, -0.2) is 83.9 Å². The molecule has 25 heavy (non-hydrogen) atoms. The summed E-state index contributed by atoms with van der Waals surface area (Å²) in [6.45, 7) is 3.69. The second kappa shape index (κ2) is 7.74. The smallest absolute Gasteiger partial charge is 0.317 e. The fourth-order valence-electron chi connectivity index (χ4n) is 4.33. The number of nitrogens with one attached hydrogen (secondary N) is 1. The van der Waals surface area contributed by atoms with Crippen LogP contribution >= 0.6 is 0 Å². The monoisotopic (exact) mass is 348 g/mol. The zero-order valence-electron chi connectivity index (χ0n) is 16.0. The van der Waals surface area contributed by atoms with Crippen molar-refractivity contribution in [1.29, 1.82) is 0 Å². The Bertz CT molecular complexity index is 586. The second-order valence-corrected chi connectivity index (χ2v) is 7.83. The predicted octanol–water partition coefficient (Wildman–Crippen LogP) is 1.15. The summed E-state index contributed by atoms with van der Waals surface area (Å²) in [5, 5.41) is 7.44. The highest BCUT2D eigenvalue weighted by molar-refractivity contribution is 5.74. The van der Waals surface area contributed by atoms with E-state index in [-0.39, 0.29) is 12.1 Å². The molecule has 2 amide bonds. The third kappa shape index (κ3) is 4.15. The lowest BCUT2D eigenvalue weighted by Crippen LogP contribution is -2.57. The van der Waals surface area contributed by atoms with E-state index in [1.165, 1.54) is 6.42 Å². The van der Waals surface area contributed by atoms with Crippen LogP contribution in [0.1, 0.15) is 30.9 Å². The normalized spacial score (nSPS) is 25.7. The highest BCUT2D eigenvalue weighted by Gasteiger charge is 2.37. The van der Waals surface area contributed by atoms with Gasteiger partial charge in [-0.1, -0.05) is 0 Å². The Labute approximate surface area is 150 Å². The van der Waals surface area contributed by atoms with E-state index in [0.29, 0.717) is 18.5 Å². The molecule has 3 rings (SSSR count). The second-order valence-electron chi connectivity index (χ2n) is 7.83. The lowest BCUT2D eigenvalue weighted by molar-refractivity contribution is 0.0528. The lowest BCUT2D eigenvalue weighted by Gasteiger charge is -2.46. The van der Waals surface area contributed by atoms with Gasteiger partial charge in [0.2, 0.25) is 0 Å². The summed E-state index contributed by atoms with van der Waals surface area (Å²) >= 11 is 0. The van der Waals surface area contributed by atoms with Crippen LogP contribution in [0.15, 0.2) is 12.4 Å². The number of nitrogens with zero attached hydrogens (tertiary/aromatic N) is 5. The van der Waals surface area contributed by atoms with Crippen LogP contribution in [0, 0.1) is 5.92 Å². The van der Waals surface area contributed by atoms with E-state index < -0.39 is 0 Å². The number of rotatable bonds is 4. The van der Waals surface area contributed by atoms with Crippen molar-refractivity contribution in [2.75, 3.05) is 47.3 Å². The van der Waals surface area contributed by atoms with E-state index in [2.05, 4.69) is 32.2 Å². The molecule has 1 N–H and O–H groups in total. The number of aromatic nitrogens is 2. The quantitative estimate of drug-likeness (QED) is 0.887. The van der Waals surface area contributed by atoms with Gasteiger partial charge in [0, 0.05) is 44.5 Å². The van der Waals surface area contributed by atoms with Gasteiger partial charge in [-0.05, 0) is 52.9 Å². The van der Waals surface area contributed by atoms with E-state index in [9.17, 15) is 4.79 Å². The number of fused-ring (bicyclic) bond motifs is 1. The summed E-state index contributed by atoms with van der Waals surface area (Å²) in [5.41, 5.74) is 1.13. The number of likely N-dealkylation sites (N-methyl/N-ethyl adjacent to an activating group) is 1. The number of hydrogen-bond acceptors (Lipinski definition) is 4. The maximum atomic E-state index is 12.9. The predicted molar refractivity (Wildman–Crippen MR) is 98.4 cm³/mol. The number of likely N-dealkylation sites (tertiary alicyclic amines) is 2. The molecule has 7 nitrogen and oxygen atoms in total. The molecule has 0 aromatic carbocycles. The molecule has 3 heterocycles. The summed E-state index contributed by atoms with van der Waals surface area (Å²) in [6.07, 6.45) is 7.35. The first kappa shape index (κ1) is 18.2. The molecule has 0 aliphatic carbocycles. The molecular formula is C18H32N6O. The van der Waals surface area contributed by atoms with Gasteiger partial charge in [0.25, 0.3) is 0 Å². The minimum absolute atomic E-state index is 0.0926. The fraction of sp³-hybridized carbons (Fsp3) is 0.778. The summed E-state index contributed by atoms with van der Waals surface area (Å²) in [5.74, 6) is 0.626. The van der Waals surface area contributed by atoms with E-state index in [4.69, 9.17) is 0 Å². The van der Waals surface area contributed by atoms with Crippen molar-refractivity contribution in [2.24, 2.45) is 13.0 Å². The van der Waals surface area contributed by atoms with Crippen molar-refractivity contribution in [2.45, 2.75) is 31.3 Å². The lowest BCUT2D eigenvalue weighted by atomic mass is 9.84. The minimum Gasteiger partial charge on any atom is -0.336 e. The Morgan fingerprint density at radius 2 is 2.16 bits per heavy atom. The molecular weight excluding hydrogens is 316 g/mol. The highest BCUT2D eigenvalue weighted by Crippen LogP contribution is 2.30. The molecule has 2 saturated heterocycles. The molecule has 0 saturated carbocycles. The van der Waals surface area contributed by atoms with Crippen LogP contribution in [-0.2, 0) is 7.05 Å². The van der Waals surface area contributed by atoms with Crippen LogP contribution < -0.4 is 5.32 Å². The standard InChI is InChI=1S/C18H32N6O/c1-21(2)17(15-10-20-23(4)13-15)11-19-18(25)24-8-5-6-14-12-22(3)9-7-16(14)24/h10,13-14,16-17H,5-9,11-12H2,1-4H3,(H,19,25)/t14-,16-,17+/m1/s1. The van der Waals surface area contributed by atoms with E-state index in [0.717, 1.165) is 38.0 Å². The molecule has 1 aromatic heterocycles. The van der Waals surface area contributed by atoms with Crippen LogP contribution in [0.5, 0.6) is 0 Å². The molecule has 1 aromatic rings. The van der Waals surface area contributed by atoms with Crippen molar-refractivity contribution in [1.82, 2.24) is 29.8 Å². The first-order valence-electron chi connectivity index (χ1n) is 9.33. The zero-order valence-corrected chi connectivity index (χ0v) is 16.0. The minimum atomic E-state index is 0.0926. The summed E-state index contributed by atoms with van der Waals surface area (Å²) in [7, 11) is 8.18. The van der Waals surface area contributed by atoms with E-state index >= 15 is 0 Å². The summed E-state index contributed by atoms with van der Waals surface area (Å²) in [6, 6.07) is 0.631. The Morgan fingerprint density at radius 1 is 1.36 bits per heavy atom. The third-order valence-electron chi connectivity index (χ3n) is 5.71. The SMILES string of the molecule is CN1CC[C@@H]2[C@H](CCCN2C(=O)NC[C@@H](c2cnn(C)c2)N(C)C)C1. The van der Waals surface area contributed by atoms with Crippen LogP contribution in [0.3, 0.4) is 0 Å². The average Bonchev–Trinajstić information content (AvgIpc) is 2.99. The molecule has 140 valence electrons. The van der Waals surface area contributed by atoms with Crippen molar-refractivity contribution in [3.8, 4) is 0 Å². The van der Waals surface area contributed by atoms with Crippen LogP contribution in [0.25, 0.3) is 0 Å². The average molecular weight is 348 g/mol. The molecule has 2 aliphatic rings. The Kier molecular flexibility index (Phi) is 5.64. The van der Waals surface area contributed by atoms with Gasteiger partial charge in [-0.3, -0.25) is 4.68 Å². The van der Waals surface area contributed by atoms with Crippen LogP contribution in [0.2, 0.25) is 0 Å². The molecule has 0 radical (unpaired) electrons. The van der Waals surface area contributed by atoms with Gasteiger partial charge in [-0.15, -0.1) is 0 Å². The Morgan fingerprint density at radius 3 is 2.84 bits per heavy atom. The molecule has 3 atom stereocenters. The highest BCUT2D eigenvalue weighted by atomic mass is 16.2. The maximum absolute atomic E-state index is 12.9. The van der Waals surface area contributed by atoms with Gasteiger partial charge in [-0.25, -0.2) is 4.79 Å². The maximum Gasteiger partial charge on any atom is 0.317 e. The van der Waals surface area contributed by atoms with Crippen molar-refractivity contribution < 1.29 is 4.79 Å². The molecule has 2 aliphatic heterocycles. The van der Waals surface area contributed by atoms with Crippen molar-refractivity contribution >= 4 is 6.03 Å². The Hall–Kier alpha value is -1.60. The van der Waals surface area contributed by atoms with Gasteiger partial charge in [0.15, 0.2) is 0 Å². The third-order valence-corrected chi connectivity index (χ3v) is 5.71. The number of hydrogen-bond donors (Lipinski definition) is 1. The number of amides is 2. The number of urea groups is 1. The largest absolute Gasteiger partial charge is 0.336 e. The Balaban J connectivity index is 1.61. The number of carbonyl (C=O) groups excluding carboxylic acids is 1. The zero-order chi connectivity index (χ0) is 18.0. The van der Waals surface area contributed by atoms with Crippen molar-refractivity contribution in [3.05, 3.63) is 18.0 Å². The summed E-state index contributed by atoms with van der Waals surface area (Å²) in [4.78, 5) is 19.5. The summed E-state index contributed by atoms with van der Waals surface area (Å²) < 4.78 is 1.81. The van der Waals surface area contributed by atoms with Gasteiger partial charge in [0.05, 0.1) is 12.2 Å². The van der Waals surface area contributed by atoms with Crippen LogP contribution in [0.4, 0.5) is 4.79 Å². The van der Waals surface area contributed by atoms with Gasteiger partial charge < -0.3 is 20.0 Å². The fourth-order valence-corrected chi connectivity index (χ4v) is 4.33. The molecule has 0 unspecified atom stereocenters. The topological polar surface area (TPSA) is 56.6 Å². The first-order valence-corrected chi connectivity index (χ1v) is 9.33.